The van der Waals surface area contributed by atoms with Gasteiger partial charge in [-0.15, -0.1) is 0 Å². The second-order valence-electron chi connectivity index (χ2n) is 41.3. The first-order chi connectivity index (χ1) is 50.7. The van der Waals surface area contributed by atoms with Crippen molar-refractivity contribution in [2.75, 3.05) is 0 Å². The number of benzene rings is 11. The molecule has 0 aliphatic heterocycles. The molecule has 554 valence electrons. The third kappa shape index (κ3) is 11.7. The van der Waals surface area contributed by atoms with Crippen LogP contribution in [0, 0.1) is 11.3 Å². The highest BCUT2D eigenvalue weighted by Crippen LogP contribution is 2.54. The van der Waals surface area contributed by atoms with E-state index in [1.165, 1.54) is 60.8 Å². The molecule has 0 atom stereocenters. The monoisotopic (exact) mass is 1430 g/mol. The number of para-hydroxylation sites is 1. The minimum Gasteiger partial charge on any atom is -0.306 e. The highest BCUT2D eigenvalue weighted by molar-refractivity contribution is 6.19. The molecule has 0 bridgehead atoms. The van der Waals surface area contributed by atoms with E-state index in [0.29, 0.717) is 5.56 Å². The van der Waals surface area contributed by atoms with Gasteiger partial charge in [0.25, 0.3) is 0 Å². The Morgan fingerprint density at radius 1 is 0.183 bits per heavy atom. The van der Waals surface area contributed by atoms with Gasteiger partial charge in [0, 0.05) is 53.9 Å². The summed E-state index contributed by atoms with van der Waals surface area (Å²) in [5, 5.41) is 25.5. The molecule has 11 aromatic carbocycles. The van der Waals surface area contributed by atoms with Gasteiger partial charge in [0.15, 0.2) is 0 Å². The Bertz CT molecular complexity index is 6290. The summed E-state index contributed by atoms with van der Waals surface area (Å²) in [5.74, 6) is 0. The summed E-state index contributed by atoms with van der Waals surface area (Å²) in [7, 11) is 0. The Labute approximate surface area is 647 Å². The number of fused-ring (bicyclic) bond motifs is 15. The van der Waals surface area contributed by atoms with Crippen molar-refractivity contribution in [1.82, 2.24) is 22.8 Å². The average Bonchev–Trinajstić information content (AvgIpc) is 1.53. The van der Waals surface area contributed by atoms with Crippen LogP contribution in [0.3, 0.4) is 0 Å². The van der Waals surface area contributed by atoms with Gasteiger partial charge in [0.05, 0.1) is 83.6 Å². The van der Waals surface area contributed by atoms with E-state index >= 15 is 0 Å². The van der Waals surface area contributed by atoms with Crippen molar-refractivity contribution in [3.8, 4) is 34.5 Å². The van der Waals surface area contributed by atoms with Crippen molar-refractivity contribution < 1.29 is 0 Å². The Hall–Kier alpha value is -10.1. The van der Waals surface area contributed by atoms with Crippen molar-refractivity contribution in [3.05, 3.63) is 244 Å². The van der Waals surface area contributed by atoms with Crippen LogP contribution in [0.5, 0.6) is 0 Å². The Morgan fingerprint density at radius 2 is 0.330 bits per heavy atom. The van der Waals surface area contributed by atoms with Crippen LogP contribution in [-0.2, 0) is 48.7 Å². The second kappa shape index (κ2) is 24.0. The standard InChI is InChI=1S/C103H112N6/c1-95(2,3)60-32-41-81-70(50-60)69-30-28-29-31-80(69)107(81)92-90(105-82-42-33-61(96(4,5)6)51-71(82)72-52-62(97(7,8)9)34-43-83(72)105)79(59-104)91(106-84-44-35-63(98(10,11)12)53-73(84)74-54-64(99(13,14)15)36-45-85(74)106)93(108-86-46-37-65(100(16,17)18)55-75(86)76-56-66(101(19,20)21)38-47-87(76)108)94(92)109-88-48-39-67(102(22,23)24)57-77(88)78-58-68(103(25,26)27)40-49-89(78)109/h28-58H,1-27H3. The molecule has 0 spiro atoms. The Balaban J connectivity index is 1.32. The van der Waals surface area contributed by atoms with Crippen LogP contribution in [0.1, 0.15) is 243 Å². The predicted molar refractivity (Wildman–Crippen MR) is 471 cm³/mol. The van der Waals surface area contributed by atoms with E-state index < -0.39 is 0 Å². The van der Waals surface area contributed by atoms with E-state index in [0.717, 1.165) is 127 Å². The lowest BCUT2D eigenvalue weighted by molar-refractivity contribution is 0.590. The topological polar surface area (TPSA) is 48.4 Å². The summed E-state index contributed by atoms with van der Waals surface area (Å²) in [6.45, 7) is 63.0. The third-order valence-corrected chi connectivity index (χ3v) is 24.1. The molecule has 6 nitrogen and oxygen atoms in total. The zero-order valence-electron chi connectivity index (χ0n) is 70.1. The van der Waals surface area contributed by atoms with E-state index in [4.69, 9.17) is 0 Å². The molecule has 0 N–H and O–H groups in total. The van der Waals surface area contributed by atoms with E-state index in [-0.39, 0.29) is 48.7 Å². The number of nitrogens with zero attached hydrogens (tertiary/aromatic N) is 6. The first-order valence-corrected chi connectivity index (χ1v) is 39.8. The summed E-state index contributed by atoms with van der Waals surface area (Å²) in [6, 6.07) is 77.7. The van der Waals surface area contributed by atoms with Gasteiger partial charge in [0.1, 0.15) is 11.6 Å². The molecule has 109 heavy (non-hydrogen) atoms. The van der Waals surface area contributed by atoms with Gasteiger partial charge in [0.2, 0.25) is 0 Å². The number of rotatable bonds is 5. The molecule has 0 unspecified atom stereocenters. The zero-order chi connectivity index (χ0) is 78.2. The van der Waals surface area contributed by atoms with E-state index in [9.17, 15) is 5.26 Å². The summed E-state index contributed by atoms with van der Waals surface area (Å²) < 4.78 is 13.0. The highest BCUT2D eigenvalue weighted by Gasteiger charge is 2.39. The first kappa shape index (κ1) is 73.1. The van der Waals surface area contributed by atoms with Gasteiger partial charge in [-0.3, -0.25) is 0 Å². The lowest BCUT2D eigenvalue weighted by Crippen LogP contribution is -2.19. The normalized spacial score (nSPS) is 13.6. The van der Waals surface area contributed by atoms with E-state index in [2.05, 4.69) is 404 Å². The molecule has 16 aromatic rings. The van der Waals surface area contributed by atoms with Gasteiger partial charge in [-0.2, -0.15) is 5.26 Å². The van der Waals surface area contributed by atoms with Crippen LogP contribution >= 0.6 is 0 Å². The predicted octanol–water partition coefficient (Wildman–Crippen LogP) is 28.7. The molecule has 0 saturated carbocycles. The largest absolute Gasteiger partial charge is 0.306 e. The number of hydrogen-bond donors (Lipinski definition) is 0. The van der Waals surface area contributed by atoms with Crippen molar-refractivity contribution in [2.45, 2.75) is 236 Å². The van der Waals surface area contributed by atoms with Crippen LogP contribution in [0.4, 0.5) is 0 Å². The molecule has 0 aliphatic rings. The van der Waals surface area contributed by atoms with Gasteiger partial charge in [-0.05, 0) is 214 Å². The van der Waals surface area contributed by atoms with Gasteiger partial charge in [-0.25, -0.2) is 0 Å². The molecular weight excluding hydrogens is 1320 g/mol. The molecule has 6 heteroatoms. The van der Waals surface area contributed by atoms with Crippen molar-refractivity contribution in [2.24, 2.45) is 0 Å². The lowest BCUT2D eigenvalue weighted by atomic mass is 9.85. The number of aromatic nitrogens is 5. The van der Waals surface area contributed by atoms with Crippen molar-refractivity contribution in [1.29, 1.82) is 5.26 Å². The summed E-state index contributed by atoms with van der Waals surface area (Å²) in [6.07, 6.45) is 0. The fourth-order valence-electron chi connectivity index (χ4n) is 17.3. The Kier molecular flexibility index (Phi) is 16.1. The highest BCUT2D eigenvalue weighted by atomic mass is 15.2. The molecule has 16 rings (SSSR count). The Morgan fingerprint density at radius 3 is 0.505 bits per heavy atom. The maximum atomic E-state index is 14.0. The minimum atomic E-state index is -0.183. The fourth-order valence-corrected chi connectivity index (χ4v) is 17.3. The molecule has 5 aromatic heterocycles. The maximum absolute atomic E-state index is 14.0. The molecule has 0 amide bonds. The average molecular weight is 1430 g/mol. The molecule has 5 heterocycles. The van der Waals surface area contributed by atoms with Crippen molar-refractivity contribution >= 4 is 109 Å². The SMILES string of the molecule is CC(C)(C)c1ccc2c(c1)c1cc(C(C)(C)C)ccc1n2-c1c(C#N)c(-n2c3ccc(C(C)(C)C)cc3c3cc(C(C)(C)C)ccc32)c(-n2c3ccc(C(C)(C)C)cc3c3cc(C(C)(C)C)ccc32)c(-n2c3ccc(C(C)(C)C)cc3c3cc(C(C)(C)C)ccc32)c1-n1c2ccccc2c2cc(C(C)(C)C)ccc21. The van der Waals surface area contributed by atoms with Gasteiger partial charge in [-0.1, -0.05) is 260 Å². The number of hydrogen-bond acceptors (Lipinski definition) is 1. The second-order valence-corrected chi connectivity index (χ2v) is 41.3. The van der Waals surface area contributed by atoms with Crippen molar-refractivity contribution in [3.63, 3.8) is 0 Å². The molecular formula is C103H112N6. The summed E-state index contributed by atoms with van der Waals surface area (Å²) in [4.78, 5) is 0. The van der Waals surface area contributed by atoms with Crippen LogP contribution in [0.15, 0.2) is 188 Å². The molecule has 0 aliphatic carbocycles. The fraction of sp³-hybridized carbons (Fsp3) is 0.350. The van der Waals surface area contributed by atoms with Gasteiger partial charge < -0.3 is 22.8 Å². The van der Waals surface area contributed by atoms with Gasteiger partial charge >= 0.3 is 0 Å². The molecule has 0 fully saturated rings. The smallest absolute Gasteiger partial charge is 0.105 e. The lowest BCUT2D eigenvalue weighted by Gasteiger charge is -2.30. The van der Waals surface area contributed by atoms with E-state index in [1.807, 2.05) is 0 Å². The minimum absolute atomic E-state index is 0.169. The van der Waals surface area contributed by atoms with E-state index in [1.54, 1.807) is 0 Å². The molecule has 0 saturated heterocycles. The quantitative estimate of drug-likeness (QED) is 0.169. The summed E-state index contributed by atoms with van der Waals surface area (Å²) in [5.41, 5.74) is 24.9. The number of nitriles is 1. The zero-order valence-corrected chi connectivity index (χ0v) is 70.1. The molecule has 0 radical (unpaired) electrons. The summed E-state index contributed by atoms with van der Waals surface area (Å²) >= 11 is 0. The van der Waals surface area contributed by atoms with Crippen LogP contribution in [-0.4, -0.2) is 22.8 Å². The first-order valence-electron chi connectivity index (χ1n) is 39.8. The van der Waals surface area contributed by atoms with Crippen LogP contribution < -0.4 is 0 Å². The maximum Gasteiger partial charge on any atom is 0.105 e. The third-order valence-electron chi connectivity index (χ3n) is 24.1. The van der Waals surface area contributed by atoms with Crippen LogP contribution in [0.25, 0.3) is 137 Å². The van der Waals surface area contributed by atoms with Crippen LogP contribution in [0.2, 0.25) is 0 Å².